The van der Waals surface area contributed by atoms with E-state index >= 15 is 0 Å². The first-order chi connectivity index (χ1) is 16.7. The van der Waals surface area contributed by atoms with Crippen LogP contribution in [0.15, 0.2) is 36.4 Å². The maximum Gasteiger partial charge on any atom is 0.252 e. The number of aryl methyl sites for hydroxylation is 2. The molecule has 35 heavy (non-hydrogen) atoms. The lowest BCUT2D eigenvalue weighted by Gasteiger charge is -2.20. The molecule has 2 aliphatic rings. The second-order valence-electron chi connectivity index (χ2n) is 9.71. The van der Waals surface area contributed by atoms with E-state index in [1.165, 1.54) is 12.8 Å². The Morgan fingerprint density at radius 2 is 1.89 bits per heavy atom. The molecule has 1 aliphatic heterocycles. The Balaban J connectivity index is 0.000000903. The lowest BCUT2D eigenvalue weighted by atomic mass is 9.93. The highest BCUT2D eigenvalue weighted by Gasteiger charge is 2.32. The number of hydrogen-bond acceptors (Lipinski definition) is 4. The van der Waals surface area contributed by atoms with Crippen molar-refractivity contribution in [3.63, 3.8) is 0 Å². The molecule has 0 spiro atoms. The van der Waals surface area contributed by atoms with Crippen LogP contribution in [0.4, 0.5) is 0 Å². The smallest absolute Gasteiger partial charge is 0.252 e. The highest BCUT2D eigenvalue weighted by Crippen LogP contribution is 2.28. The number of nitrogens with one attached hydrogen (secondary N) is 1. The fourth-order valence-electron chi connectivity index (χ4n) is 3.61. The van der Waals surface area contributed by atoms with Crippen LogP contribution in [0.2, 0.25) is 0 Å². The molecule has 1 aromatic rings. The molecular weight excluding hydrogens is 438 g/mol. The summed E-state index contributed by atoms with van der Waals surface area (Å²) >= 11 is 0. The zero-order valence-corrected chi connectivity index (χ0v) is 22.5. The summed E-state index contributed by atoms with van der Waals surface area (Å²) in [5, 5.41) is 2.80. The molecule has 6 nitrogen and oxygen atoms in total. The SMILES string of the molecule is C/C=C\C=C(\C(=O)NCC(=O)N1CCC(C)(C)C1)c1cc(CCC=O)ccc1C.CC.NC1CC1. The molecule has 0 atom stereocenters. The zero-order valence-electron chi connectivity index (χ0n) is 22.5. The highest BCUT2D eigenvalue weighted by atomic mass is 16.2. The third kappa shape index (κ3) is 11.0. The highest BCUT2D eigenvalue weighted by molar-refractivity contribution is 6.20. The number of carbonyl (C=O) groups is 3. The van der Waals surface area contributed by atoms with Gasteiger partial charge in [-0.05, 0) is 67.7 Å². The Labute approximate surface area is 212 Å². The van der Waals surface area contributed by atoms with Gasteiger partial charge >= 0.3 is 0 Å². The molecule has 1 saturated carbocycles. The van der Waals surface area contributed by atoms with Gasteiger partial charge in [0.2, 0.25) is 5.91 Å². The summed E-state index contributed by atoms with van der Waals surface area (Å²) in [5.74, 6) is -0.323. The second kappa shape index (κ2) is 15.3. The Morgan fingerprint density at radius 3 is 2.40 bits per heavy atom. The molecule has 0 unspecified atom stereocenters. The topological polar surface area (TPSA) is 92.5 Å². The van der Waals surface area contributed by atoms with Crippen LogP contribution in [0.3, 0.4) is 0 Å². The third-order valence-corrected chi connectivity index (χ3v) is 5.90. The largest absolute Gasteiger partial charge is 0.343 e. The number of nitrogens with zero attached hydrogens (tertiary/aromatic N) is 1. The number of benzene rings is 1. The van der Waals surface area contributed by atoms with Crippen molar-refractivity contribution in [2.75, 3.05) is 19.6 Å². The predicted octanol–water partition coefficient (Wildman–Crippen LogP) is 4.59. The maximum atomic E-state index is 12.9. The minimum atomic E-state index is -0.273. The molecule has 2 fully saturated rings. The summed E-state index contributed by atoms with van der Waals surface area (Å²) in [5.41, 5.74) is 8.67. The van der Waals surface area contributed by atoms with E-state index in [1.807, 2.05) is 62.9 Å². The number of allylic oxidation sites excluding steroid dienone is 3. The van der Waals surface area contributed by atoms with E-state index in [0.717, 1.165) is 42.5 Å². The molecule has 0 radical (unpaired) electrons. The van der Waals surface area contributed by atoms with Crippen LogP contribution in [0.25, 0.3) is 5.57 Å². The van der Waals surface area contributed by atoms with Crippen molar-refractivity contribution >= 4 is 23.7 Å². The average molecular weight is 484 g/mol. The summed E-state index contributed by atoms with van der Waals surface area (Å²) in [7, 11) is 0. The van der Waals surface area contributed by atoms with Gasteiger partial charge in [0.15, 0.2) is 0 Å². The normalized spacial score (nSPS) is 16.7. The fourth-order valence-corrected chi connectivity index (χ4v) is 3.61. The molecule has 0 aromatic heterocycles. The molecule has 194 valence electrons. The molecule has 0 bridgehead atoms. The van der Waals surface area contributed by atoms with E-state index in [9.17, 15) is 14.4 Å². The van der Waals surface area contributed by atoms with Crippen molar-refractivity contribution in [1.82, 2.24) is 10.2 Å². The molecule has 1 aromatic carbocycles. The van der Waals surface area contributed by atoms with Crippen molar-refractivity contribution in [3.05, 3.63) is 53.1 Å². The molecule has 1 saturated heterocycles. The van der Waals surface area contributed by atoms with E-state index in [-0.39, 0.29) is 23.8 Å². The van der Waals surface area contributed by atoms with Gasteiger partial charge in [-0.1, -0.05) is 58.0 Å². The van der Waals surface area contributed by atoms with Gasteiger partial charge in [0.25, 0.3) is 5.91 Å². The van der Waals surface area contributed by atoms with E-state index < -0.39 is 0 Å². The Bertz CT molecular complexity index is 898. The summed E-state index contributed by atoms with van der Waals surface area (Å²) in [6, 6.07) is 6.48. The molecule has 2 amide bonds. The molecule has 3 rings (SSSR count). The van der Waals surface area contributed by atoms with Gasteiger partial charge in [0.1, 0.15) is 6.29 Å². The zero-order chi connectivity index (χ0) is 26.4. The van der Waals surface area contributed by atoms with Crippen LogP contribution >= 0.6 is 0 Å². The monoisotopic (exact) mass is 483 g/mol. The standard InChI is InChI=1S/C24H32N2O3.C3H7N.C2H6/c1-5-6-9-20(21-15-19(8-7-14-27)11-10-18(21)2)23(29)25-16-22(28)26-13-12-24(3,4)17-26;4-3-1-2-3;1-2/h5-6,9-11,14-15H,7-8,12-13,16-17H2,1-4H3,(H,25,29);3H,1-2,4H2;1-2H3/b6-5-,20-9+;;. The van der Waals surface area contributed by atoms with Gasteiger partial charge in [0, 0.05) is 31.1 Å². The Kier molecular flexibility index (Phi) is 13.2. The minimum absolute atomic E-state index is 0.00796. The molecule has 1 heterocycles. The first-order valence-corrected chi connectivity index (χ1v) is 12.8. The van der Waals surface area contributed by atoms with Crippen molar-refractivity contribution in [3.8, 4) is 0 Å². The number of rotatable bonds is 8. The van der Waals surface area contributed by atoms with Gasteiger partial charge < -0.3 is 20.7 Å². The minimum Gasteiger partial charge on any atom is -0.343 e. The van der Waals surface area contributed by atoms with Gasteiger partial charge in [0.05, 0.1) is 6.54 Å². The Hall–Kier alpha value is -2.73. The summed E-state index contributed by atoms with van der Waals surface area (Å²) < 4.78 is 0. The lowest BCUT2D eigenvalue weighted by Crippen LogP contribution is -2.39. The van der Waals surface area contributed by atoms with E-state index in [2.05, 4.69) is 19.2 Å². The van der Waals surface area contributed by atoms with Crippen molar-refractivity contribution in [2.24, 2.45) is 11.1 Å². The fraction of sp³-hybridized carbons (Fsp3) is 0.552. The van der Waals surface area contributed by atoms with Crippen molar-refractivity contribution in [1.29, 1.82) is 0 Å². The van der Waals surface area contributed by atoms with Crippen LogP contribution in [0, 0.1) is 12.3 Å². The summed E-state index contributed by atoms with van der Waals surface area (Å²) in [6.45, 7) is 13.6. The van der Waals surface area contributed by atoms with Crippen molar-refractivity contribution in [2.45, 2.75) is 79.7 Å². The number of carbonyl (C=O) groups excluding carboxylic acids is 3. The second-order valence-corrected chi connectivity index (χ2v) is 9.71. The van der Waals surface area contributed by atoms with Gasteiger partial charge in [-0.3, -0.25) is 9.59 Å². The van der Waals surface area contributed by atoms with Crippen LogP contribution in [0.5, 0.6) is 0 Å². The van der Waals surface area contributed by atoms with Gasteiger partial charge in [-0.2, -0.15) is 0 Å². The van der Waals surface area contributed by atoms with E-state index in [0.29, 0.717) is 24.5 Å². The van der Waals surface area contributed by atoms with Crippen LogP contribution < -0.4 is 11.1 Å². The number of nitrogens with two attached hydrogens (primary N) is 1. The van der Waals surface area contributed by atoms with Crippen LogP contribution in [-0.4, -0.2) is 48.7 Å². The number of likely N-dealkylation sites (tertiary alicyclic amines) is 1. The summed E-state index contributed by atoms with van der Waals surface area (Å²) in [4.78, 5) is 37.9. The van der Waals surface area contributed by atoms with Gasteiger partial charge in [-0.15, -0.1) is 0 Å². The lowest BCUT2D eigenvalue weighted by molar-refractivity contribution is -0.131. The third-order valence-electron chi connectivity index (χ3n) is 5.90. The number of hydrogen-bond donors (Lipinski definition) is 2. The van der Waals surface area contributed by atoms with E-state index in [1.54, 1.807) is 6.08 Å². The van der Waals surface area contributed by atoms with Gasteiger partial charge in [-0.25, -0.2) is 0 Å². The first kappa shape index (κ1) is 30.3. The van der Waals surface area contributed by atoms with Crippen LogP contribution in [-0.2, 0) is 20.8 Å². The van der Waals surface area contributed by atoms with Crippen molar-refractivity contribution < 1.29 is 14.4 Å². The molecule has 3 N–H and O–H groups in total. The number of amides is 2. The number of aldehydes is 1. The van der Waals surface area contributed by atoms with E-state index in [4.69, 9.17) is 5.73 Å². The maximum absolute atomic E-state index is 12.9. The first-order valence-electron chi connectivity index (χ1n) is 12.8. The predicted molar refractivity (Wildman–Crippen MR) is 145 cm³/mol. The van der Waals surface area contributed by atoms with Crippen LogP contribution in [0.1, 0.15) is 77.0 Å². The average Bonchev–Trinajstić information content (AvgIpc) is 3.54. The molecule has 1 aliphatic carbocycles. The Morgan fingerprint density at radius 1 is 1.23 bits per heavy atom. The quantitative estimate of drug-likeness (QED) is 0.321. The molecular formula is C29H45N3O3. The summed E-state index contributed by atoms with van der Waals surface area (Å²) in [6.07, 6.45) is 10.9. The molecule has 6 heteroatoms.